The Morgan fingerprint density at radius 1 is 1.09 bits per heavy atom. The number of hydrogen-bond acceptors (Lipinski definition) is 6. The van der Waals surface area contributed by atoms with Gasteiger partial charge < -0.3 is 30.4 Å². The van der Waals surface area contributed by atoms with Crippen LogP contribution in [0.3, 0.4) is 0 Å². The Bertz CT molecular complexity index is 1590. The molecule has 2 saturated heterocycles. The SMILES string of the molecule is COc1cc(C(N)=O)ccc1NCC#Cc1cc2c(N[C@H]3CC[C@@H](N4CC5(CCOCC5)C4)CC3)cccc2n1CC(F)(F)F. The molecule has 2 aromatic carbocycles. The summed E-state index contributed by atoms with van der Waals surface area (Å²) >= 11 is 0. The number of nitrogens with zero attached hydrogens (tertiary/aromatic N) is 2. The van der Waals surface area contributed by atoms with Gasteiger partial charge in [-0.15, -0.1) is 0 Å². The number of ether oxygens (including phenoxy) is 2. The number of benzene rings is 2. The van der Waals surface area contributed by atoms with Crippen molar-refractivity contribution >= 4 is 28.2 Å². The third-order valence-corrected chi connectivity index (χ3v) is 9.56. The molecule has 0 bridgehead atoms. The molecule has 0 atom stereocenters. The number of aromatic nitrogens is 1. The summed E-state index contributed by atoms with van der Waals surface area (Å²) in [6, 6.07) is 12.8. The molecule has 3 heterocycles. The second-order valence-electron chi connectivity index (χ2n) is 12.6. The molecule has 0 unspecified atom stereocenters. The van der Waals surface area contributed by atoms with Crippen LogP contribution in [0.4, 0.5) is 24.5 Å². The van der Waals surface area contributed by atoms with Gasteiger partial charge in [-0.2, -0.15) is 13.2 Å². The zero-order valence-corrected chi connectivity index (χ0v) is 25.5. The van der Waals surface area contributed by atoms with Gasteiger partial charge in [-0.05, 0) is 80.8 Å². The first kappa shape index (κ1) is 31.1. The maximum absolute atomic E-state index is 13.7. The fourth-order valence-electron chi connectivity index (χ4n) is 7.13. The zero-order valence-electron chi connectivity index (χ0n) is 25.5. The van der Waals surface area contributed by atoms with Gasteiger partial charge in [-0.3, -0.25) is 9.69 Å². The van der Waals surface area contributed by atoms with E-state index in [1.54, 1.807) is 30.3 Å². The summed E-state index contributed by atoms with van der Waals surface area (Å²) in [5.41, 5.74) is 8.32. The predicted molar refractivity (Wildman–Crippen MR) is 169 cm³/mol. The van der Waals surface area contributed by atoms with E-state index in [4.69, 9.17) is 15.2 Å². The average Bonchev–Trinajstić information content (AvgIpc) is 3.35. The monoisotopic (exact) mass is 623 g/mol. The van der Waals surface area contributed by atoms with Crippen molar-refractivity contribution in [1.82, 2.24) is 9.47 Å². The molecule has 1 aliphatic carbocycles. The number of likely N-dealkylation sites (tertiary alicyclic amines) is 1. The molecule has 1 saturated carbocycles. The van der Waals surface area contributed by atoms with E-state index in [0.717, 1.165) is 50.0 Å². The number of amides is 1. The van der Waals surface area contributed by atoms with Crippen LogP contribution in [0.1, 0.15) is 54.6 Å². The number of halogens is 3. The van der Waals surface area contributed by atoms with Gasteiger partial charge in [0, 0.05) is 60.4 Å². The number of anilines is 2. The molecule has 3 aliphatic rings. The fourth-order valence-corrected chi connectivity index (χ4v) is 7.13. The third-order valence-electron chi connectivity index (χ3n) is 9.56. The van der Waals surface area contributed by atoms with Gasteiger partial charge in [0.2, 0.25) is 5.91 Å². The van der Waals surface area contributed by atoms with Gasteiger partial charge in [0.15, 0.2) is 0 Å². The normalized spacial score (nSPS) is 21.5. The van der Waals surface area contributed by atoms with Gasteiger partial charge >= 0.3 is 6.18 Å². The van der Waals surface area contributed by atoms with Crippen LogP contribution >= 0.6 is 0 Å². The Hall–Kier alpha value is -3.88. The van der Waals surface area contributed by atoms with Crippen molar-refractivity contribution in [1.29, 1.82) is 0 Å². The van der Waals surface area contributed by atoms with Crippen LogP contribution in [0.2, 0.25) is 0 Å². The summed E-state index contributed by atoms with van der Waals surface area (Å²) in [5.74, 6) is 5.73. The van der Waals surface area contributed by atoms with Crippen molar-refractivity contribution in [3.63, 3.8) is 0 Å². The molecule has 1 amide bonds. The van der Waals surface area contributed by atoms with E-state index < -0.39 is 18.6 Å². The highest BCUT2D eigenvalue weighted by atomic mass is 19.4. The van der Waals surface area contributed by atoms with E-state index in [0.29, 0.717) is 34.0 Å². The lowest BCUT2D eigenvalue weighted by Crippen LogP contribution is -2.62. The van der Waals surface area contributed by atoms with Crippen LogP contribution in [-0.4, -0.2) is 73.6 Å². The molecular weight excluding hydrogens is 583 g/mol. The van der Waals surface area contributed by atoms with Crippen LogP contribution < -0.4 is 21.1 Å². The lowest BCUT2D eigenvalue weighted by atomic mass is 9.71. The second-order valence-corrected chi connectivity index (χ2v) is 12.6. The molecule has 6 rings (SSSR count). The molecule has 3 aromatic rings. The summed E-state index contributed by atoms with van der Waals surface area (Å²) in [4.78, 5) is 14.1. The van der Waals surface area contributed by atoms with Crippen LogP contribution in [0.15, 0.2) is 42.5 Å². The first-order valence-electron chi connectivity index (χ1n) is 15.6. The van der Waals surface area contributed by atoms with Crippen LogP contribution in [0.5, 0.6) is 5.75 Å². The first-order chi connectivity index (χ1) is 21.6. The van der Waals surface area contributed by atoms with E-state index >= 15 is 0 Å². The molecule has 8 nitrogen and oxygen atoms in total. The molecule has 240 valence electrons. The molecule has 1 spiro atoms. The lowest BCUT2D eigenvalue weighted by Gasteiger charge is -2.56. The minimum atomic E-state index is -4.40. The average molecular weight is 624 g/mol. The highest BCUT2D eigenvalue weighted by Crippen LogP contribution is 2.43. The van der Waals surface area contributed by atoms with Gasteiger partial charge in [-0.1, -0.05) is 12.0 Å². The van der Waals surface area contributed by atoms with Gasteiger partial charge in [-0.25, -0.2) is 0 Å². The Labute approximate surface area is 261 Å². The minimum absolute atomic E-state index is 0.153. The molecule has 0 radical (unpaired) electrons. The Morgan fingerprint density at radius 3 is 2.53 bits per heavy atom. The minimum Gasteiger partial charge on any atom is -0.495 e. The number of rotatable bonds is 8. The quantitative estimate of drug-likeness (QED) is 0.283. The van der Waals surface area contributed by atoms with E-state index in [1.807, 2.05) is 6.07 Å². The van der Waals surface area contributed by atoms with Crippen LogP contribution in [-0.2, 0) is 11.3 Å². The molecule has 45 heavy (non-hydrogen) atoms. The molecule has 11 heteroatoms. The van der Waals surface area contributed by atoms with E-state index in [1.165, 1.54) is 43.7 Å². The molecule has 3 fully saturated rings. The van der Waals surface area contributed by atoms with Crippen LogP contribution in [0.25, 0.3) is 10.9 Å². The van der Waals surface area contributed by atoms with E-state index in [9.17, 15) is 18.0 Å². The number of alkyl halides is 3. The van der Waals surface area contributed by atoms with Crippen molar-refractivity contribution in [2.75, 3.05) is 50.6 Å². The van der Waals surface area contributed by atoms with Crippen molar-refractivity contribution in [3.05, 3.63) is 53.7 Å². The largest absolute Gasteiger partial charge is 0.495 e. The maximum Gasteiger partial charge on any atom is 0.406 e. The number of methoxy groups -OCH3 is 1. The topological polar surface area (TPSA) is 93.8 Å². The Morgan fingerprint density at radius 2 is 1.84 bits per heavy atom. The second kappa shape index (κ2) is 12.9. The number of fused-ring (bicyclic) bond motifs is 1. The summed E-state index contributed by atoms with van der Waals surface area (Å²) in [5, 5.41) is 7.49. The van der Waals surface area contributed by atoms with E-state index in [-0.39, 0.29) is 18.3 Å². The van der Waals surface area contributed by atoms with Crippen LogP contribution in [0, 0.1) is 17.3 Å². The van der Waals surface area contributed by atoms with Crippen molar-refractivity contribution in [2.24, 2.45) is 11.1 Å². The van der Waals surface area contributed by atoms with Gasteiger partial charge in [0.05, 0.1) is 30.6 Å². The molecule has 4 N–H and O–H groups in total. The number of nitrogens with one attached hydrogen (secondary N) is 2. The Kier molecular flexibility index (Phi) is 8.89. The van der Waals surface area contributed by atoms with Gasteiger partial charge in [0.1, 0.15) is 12.3 Å². The van der Waals surface area contributed by atoms with Crippen molar-refractivity contribution in [3.8, 4) is 17.6 Å². The summed E-state index contributed by atoms with van der Waals surface area (Å²) < 4.78 is 53.2. The summed E-state index contributed by atoms with van der Waals surface area (Å²) in [6.45, 7) is 3.15. The Balaban J connectivity index is 1.13. The summed E-state index contributed by atoms with van der Waals surface area (Å²) in [7, 11) is 1.47. The predicted octanol–water partition coefficient (Wildman–Crippen LogP) is 5.61. The van der Waals surface area contributed by atoms with Crippen molar-refractivity contribution in [2.45, 2.75) is 63.3 Å². The van der Waals surface area contributed by atoms with E-state index in [2.05, 4.69) is 27.4 Å². The number of nitrogens with two attached hydrogens (primary N) is 1. The smallest absolute Gasteiger partial charge is 0.406 e. The first-order valence-corrected chi connectivity index (χ1v) is 15.6. The highest BCUT2D eigenvalue weighted by Gasteiger charge is 2.46. The summed E-state index contributed by atoms with van der Waals surface area (Å²) in [6.07, 6.45) is 2.23. The molecule has 1 aromatic heterocycles. The third kappa shape index (κ3) is 7.02. The number of hydrogen-bond donors (Lipinski definition) is 3. The molecule has 2 aliphatic heterocycles. The van der Waals surface area contributed by atoms with Crippen molar-refractivity contribution < 1.29 is 27.4 Å². The van der Waals surface area contributed by atoms with Gasteiger partial charge in [0.25, 0.3) is 0 Å². The standard InChI is InChI=1S/C34H40F3N5O3/c1-44-31-18-23(32(38)43)7-12-29(31)39-15-3-4-26-19-27-28(5-2-6-30(27)42(26)22-34(35,36)37)40-24-8-10-25(11-9-24)41-20-33(21-41)13-16-45-17-14-33/h2,5-7,12,18-19,24-25,39-40H,8-11,13-17,20-22H2,1H3,(H2,38,43)/t24-,25+. The number of primary amides is 1. The maximum atomic E-state index is 13.7. The number of carbonyl (C=O) groups is 1. The highest BCUT2D eigenvalue weighted by molar-refractivity contribution is 5.94. The fraction of sp³-hybridized carbons (Fsp3) is 0.500. The zero-order chi connectivity index (χ0) is 31.6. The molecular formula is C34H40F3N5O3. The number of carbonyl (C=O) groups excluding carboxylic acids is 1. The lowest BCUT2D eigenvalue weighted by molar-refractivity contribution is -0.140.